The maximum Gasteiger partial charge on any atom is 0.241 e. The number of hydrogen-bond acceptors (Lipinski definition) is 6. The van der Waals surface area contributed by atoms with Gasteiger partial charge in [0, 0.05) is 39.3 Å². The maximum absolute atomic E-state index is 12.7. The third-order valence-electron chi connectivity index (χ3n) is 5.42. The number of para-hydroxylation sites is 2. The van der Waals surface area contributed by atoms with Crippen molar-refractivity contribution < 1.29 is 19.1 Å². The van der Waals surface area contributed by atoms with E-state index in [1.807, 2.05) is 36.1 Å². The molecule has 2 aliphatic rings. The van der Waals surface area contributed by atoms with Gasteiger partial charge in [0.05, 0.1) is 38.6 Å². The molecule has 1 N–H and O–H groups in total. The van der Waals surface area contributed by atoms with E-state index in [4.69, 9.17) is 9.47 Å². The normalized spacial score (nSPS) is 19.9. The lowest BCUT2D eigenvalue weighted by Crippen LogP contribution is -2.55. The number of methoxy groups -OCH3 is 1. The molecule has 3 rings (SSSR count). The zero-order chi connectivity index (χ0) is 19.9. The average molecular weight is 390 g/mol. The summed E-state index contributed by atoms with van der Waals surface area (Å²) in [4.78, 5) is 31.2. The molecule has 8 heteroatoms. The topological polar surface area (TPSA) is 74.4 Å². The van der Waals surface area contributed by atoms with E-state index in [0.717, 1.165) is 26.2 Å². The Bertz CT molecular complexity index is 670. The lowest BCUT2D eigenvalue weighted by Gasteiger charge is -2.38. The fraction of sp³-hybridized carbons (Fsp3) is 0.600. The number of nitrogens with zero attached hydrogens (tertiary/aromatic N) is 3. The average Bonchev–Trinajstić information content (AvgIpc) is 2.74. The number of carbonyl (C=O) groups excluding carboxylic acids is 2. The fourth-order valence-electron chi connectivity index (χ4n) is 3.56. The van der Waals surface area contributed by atoms with Crippen molar-refractivity contribution in [3.63, 3.8) is 0 Å². The van der Waals surface area contributed by atoms with Crippen LogP contribution in [-0.2, 0) is 14.3 Å². The zero-order valence-electron chi connectivity index (χ0n) is 16.7. The molecule has 154 valence electrons. The highest BCUT2D eigenvalue weighted by Crippen LogP contribution is 2.23. The number of piperazine rings is 1. The van der Waals surface area contributed by atoms with Gasteiger partial charge in [-0.2, -0.15) is 0 Å². The Balaban J connectivity index is 1.46. The molecular formula is C20H30N4O4. The van der Waals surface area contributed by atoms with Crippen LogP contribution in [-0.4, -0.2) is 98.7 Å². The van der Waals surface area contributed by atoms with Crippen LogP contribution in [0.5, 0.6) is 5.75 Å². The Hall–Kier alpha value is -2.16. The van der Waals surface area contributed by atoms with E-state index in [9.17, 15) is 9.59 Å². The van der Waals surface area contributed by atoms with Crippen LogP contribution in [0.4, 0.5) is 5.69 Å². The zero-order valence-corrected chi connectivity index (χ0v) is 16.7. The van der Waals surface area contributed by atoms with Crippen molar-refractivity contribution in [2.24, 2.45) is 0 Å². The lowest BCUT2D eigenvalue weighted by atomic mass is 10.2. The van der Waals surface area contributed by atoms with Gasteiger partial charge in [0.2, 0.25) is 11.8 Å². The number of ether oxygens (including phenoxy) is 2. The standard InChI is InChI=1S/C20H30N4O4/c1-16(20(26)21-17-5-3-4-6-18(17)27-2)23-9-7-22(8-10-23)15-19(25)24-11-13-28-14-12-24/h3-6,16H,7-15H2,1-2H3,(H,21,26)/t16-/m1/s1. The molecule has 0 radical (unpaired) electrons. The predicted octanol–water partition coefficient (Wildman–Crippen LogP) is 0.499. The van der Waals surface area contributed by atoms with Crippen LogP contribution in [0, 0.1) is 0 Å². The van der Waals surface area contributed by atoms with Crippen molar-refractivity contribution in [1.82, 2.24) is 14.7 Å². The molecule has 2 aliphatic heterocycles. The van der Waals surface area contributed by atoms with Crippen molar-refractivity contribution in [3.05, 3.63) is 24.3 Å². The Labute approximate surface area is 166 Å². The summed E-state index contributed by atoms with van der Waals surface area (Å²) in [6, 6.07) is 7.15. The highest BCUT2D eigenvalue weighted by atomic mass is 16.5. The highest BCUT2D eigenvalue weighted by Gasteiger charge is 2.28. The minimum atomic E-state index is -0.248. The quantitative estimate of drug-likeness (QED) is 0.763. The second kappa shape index (κ2) is 9.86. The highest BCUT2D eigenvalue weighted by molar-refractivity contribution is 5.95. The minimum absolute atomic E-state index is 0.0534. The molecule has 1 aromatic carbocycles. The number of nitrogens with one attached hydrogen (secondary N) is 1. The molecule has 0 aliphatic carbocycles. The summed E-state index contributed by atoms with van der Waals surface area (Å²) in [7, 11) is 1.59. The van der Waals surface area contributed by atoms with Crippen LogP contribution in [0.3, 0.4) is 0 Å². The first-order valence-corrected chi connectivity index (χ1v) is 9.84. The smallest absolute Gasteiger partial charge is 0.241 e. The molecule has 0 aromatic heterocycles. The summed E-state index contributed by atoms with van der Waals surface area (Å²) in [5.41, 5.74) is 0.677. The second-order valence-corrected chi connectivity index (χ2v) is 7.17. The summed E-state index contributed by atoms with van der Waals surface area (Å²) < 4.78 is 10.6. The number of anilines is 1. The molecular weight excluding hydrogens is 360 g/mol. The van der Waals surface area contributed by atoms with E-state index >= 15 is 0 Å². The predicted molar refractivity (Wildman–Crippen MR) is 106 cm³/mol. The fourth-order valence-corrected chi connectivity index (χ4v) is 3.56. The van der Waals surface area contributed by atoms with E-state index in [0.29, 0.717) is 44.3 Å². The van der Waals surface area contributed by atoms with E-state index in [2.05, 4.69) is 15.1 Å². The molecule has 28 heavy (non-hydrogen) atoms. The monoisotopic (exact) mass is 390 g/mol. The van der Waals surface area contributed by atoms with Gasteiger partial charge in [-0.1, -0.05) is 12.1 Å². The molecule has 2 fully saturated rings. The van der Waals surface area contributed by atoms with Gasteiger partial charge >= 0.3 is 0 Å². The summed E-state index contributed by atoms with van der Waals surface area (Å²) >= 11 is 0. The van der Waals surface area contributed by atoms with Crippen LogP contribution in [0.15, 0.2) is 24.3 Å². The third kappa shape index (κ3) is 5.21. The van der Waals surface area contributed by atoms with Crippen LogP contribution >= 0.6 is 0 Å². The van der Waals surface area contributed by atoms with Crippen molar-refractivity contribution in [2.75, 3.05) is 71.5 Å². The first-order valence-electron chi connectivity index (χ1n) is 9.84. The van der Waals surface area contributed by atoms with E-state index in [1.54, 1.807) is 7.11 Å². The minimum Gasteiger partial charge on any atom is -0.495 e. The molecule has 0 saturated carbocycles. The summed E-state index contributed by atoms with van der Waals surface area (Å²) in [6.45, 7) is 8.04. The van der Waals surface area contributed by atoms with Crippen LogP contribution in [0.1, 0.15) is 6.92 Å². The maximum atomic E-state index is 12.7. The molecule has 8 nitrogen and oxygen atoms in total. The lowest BCUT2D eigenvalue weighted by molar-refractivity contribution is -0.137. The number of benzene rings is 1. The largest absolute Gasteiger partial charge is 0.495 e. The molecule has 2 amide bonds. The van der Waals surface area contributed by atoms with Gasteiger partial charge in [0.1, 0.15) is 5.75 Å². The van der Waals surface area contributed by atoms with Gasteiger partial charge in [-0.15, -0.1) is 0 Å². The Morgan fingerprint density at radius 1 is 1.11 bits per heavy atom. The first kappa shape index (κ1) is 20.6. The first-order chi connectivity index (χ1) is 13.6. The summed E-state index contributed by atoms with van der Waals surface area (Å²) in [5.74, 6) is 0.760. The van der Waals surface area contributed by atoms with Crippen molar-refractivity contribution in [2.45, 2.75) is 13.0 Å². The molecule has 1 atom stereocenters. The van der Waals surface area contributed by atoms with Gasteiger partial charge in [-0.3, -0.25) is 19.4 Å². The number of morpholine rings is 1. The number of amides is 2. The van der Waals surface area contributed by atoms with Crippen molar-refractivity contribution in [3.8, 4) is 5.75 Å². The molecule has 2 saturated heterocycles. The molecule has 1 aromatic rings. The van der Waals surface area contributed by atoms with Gasteiger partial charge in [0.15, 0.2) is 0 Å². The Morgan fingerprint density at radius 2 is 1.79 bits per heavy atom. The Kier molecular flexibility index (Phi) is 7.24. The summed E-state index contributed by atoms with van der Waals surface area (Å²) in [6.07, 6.45) is 0. The molecule has 0 spiro atoms. The molecule has 2 heterocycles. The molecule has 0 bridgehead atoms. The second-order valence-electron chi connectivity index (χ2n) is 7.17. The van der Waals surface area contributed by atoms with E-state index in [1.165, 1.54) is 0 Å². The van der Waals surface area contributed by atoms with Gasteiger partial charge in [0.25, 0.3) is 0 Å². The van der Waals surface area contributed by atoms with Crippen molar-refractivity contribution in [1.29, 1.82) is 0 Å². The Morgan fingerprint density at radius 3 is 2.46 bits per heavy atom. The van der Waals surface area contributed by atoms with Crippen LogP contribution in [0.2, 0.25) is 0 Å². The van der Waals surface area contributed by atoms with E-state index in [-0.39, 0.29) is 17.9 Å². The van der Waals surface area contributed by atoms with Crippen LogP contribution < -0.4 is 10.1 Å². The van der Waals surface area contributed by atoms with Gasteiger partial charge in [-0.05, 0) is 19.1 Å². The third-order valence-corrected chi connectivity index (χ3v) is 5.42. The number of hydrogen-bond donors (Lipinski definition) is 1. The SMILES string of the molecule is COc1ccccc1NC(=O)[C@@H](C)N1CCN(CC(=O)N2CCOCC2)CC1. The van der Waals surface area contributed by atoms with Gasteiger partial charge in [-0.25, -0.2) is 0 Å². The van der Waals surface area contributed by atoms with Crippen LogP contribution in [0.25, 0.3) is 0 Å². The summed E-state index contributed by atoms with van der Waals surface area (Å²) in [5, 5.41) is 2.95. The van der Waals surface area contributed by atoms with Gasteiger partial charge < -0.3 is 19.7 Å². The van der Waals surface area contributed by atoms with Crippen molar-refractivity contribution >= 4 is 17.5 Å². The number of rotatable bonds is 6. The van der Waals surface area contributed by atoms with E-state index < -0.39 is 0 Å². The number of carbonyl (C=O) groups is 2. The molecule has 0 unspecified atom stereocenters.